The number of rotatable bonds is 4. The molecular weight excluding hydrogens is 382 g/mol. The summed E-state index contributed by atoms with van der Waals surface area (Å²) in [7, 11) is 0. The quantitative estimate of drug-likeness (QED) is 0.543. The maximum atomic E-state index is 9.08. The third-order valence-electron chi connectivity index (χ3n) is 5.08. The standard InChI is InChI=1S/C21H19N7S/c22-12-14-3-5-15(6-4-14)18-19(28-10-11-29-21(28)27-18)17-7-9-24-20(26-17)25-16-2-1-8-23-13-16/h3-7,9-11,16,23H,1-2,8,13H2,(H,24,25,26)/t16-/m1/s1. The number of hydrogen-bond acceptors (Lipinski definition) is 7. The zero-order valence-electron chi connectivity index (χ0n) is 15.7. The van der Waals surface area contributed by atoms with Crippen molar-refractivity contribution in [2.24, 2.45) is 0 Å². The van der Waals surface area contributed by atoms with Crippen LogP contribution in [0.5, 0.6) is 0 Å². The van der Waals surface area contributed by atoms with Crippen LogP contribution in [0.2, 0.25) is 0 Å². The second-order valence-electron chi connectivity index (χ2n) is 7.01. The summed E-state index contributed by atoms with van der Waals surface area (Å²) >= 11 is 1.58. The van der Waals surface area contributed by atoms with Gasteiger partial charge in [0, 0.05) is 35.9 Å². The number of nitrogens with one attached hydrogen (secondary N) is 2. The van der Waals surface area contributed by atoms with Gasteiger partial charge in [-0.1, -0.05) is 12.1 Å². The maximum absolute atomic E-state index is 9.08. The number of nitrogens with zero attached hydrogens (tertiary/aromatic N) is 5. The molecule has 0 aliphatic carbocycles. The largest absolute Gasteiger partial charge is 0.350 e. The van der Waals surface area contributed by atoms with Crippen molar-refractivity contribution in [3.8, 4) is 28.7 Å². The molecule has 0 amide bonds. The van der Waals surface area contributed by atoms with E-state index in [1.165, 1.54) is 0 Å². The number of benzene rings is 1. The van der Waals surface area contributed by atoms with Gasteiger partial charge in [-0.15, -0.1) is 11.3 Å². The van der Waals surface area contributed by atoms with Gasteiger partial charge in [0.15, 0.2) is 4.96 Å². The van der Waals surface area contributed by atoms with Crippen LogP contribution in [0.3, 0.4) is 0 Å². The molecule has 1 aromatic carbocycles. The normalized spacial score (nSPS) is 16.6. The van der Waals surface area contributed by atoms with Crippen molar-refractivity contribution in [3.63, 3.8) is 0 Å². The Balaban J connectivity index is 1.56. The lowest BCUT2D eigenvalue weighted by molar-refractivity contribution is 0.478. The predicted octanol–water partition coefficient (Wildman–Crippen LogP) is 3.56. The molecule has 2 N–H and O–H groups in total. The van der Waals surface area contributed by atoms with Crippen LogP contribution in [0.1, 0.15) is 18.4 Å². The van der Waals surface area contributed by atoms with Crippen LogP contribution < -0.4 is 10.6 Å². The third-order valence-corrected chi connectivity index (χ3v) is 5.83. The first-order valence-corrected chi connectivity index (χ1v) is 10.5. The zero-order chi connectivity index (χ0) is 19.6. The van der Waals surface area contributed by atoms with Crippen LogP contribution in [0, 0.1) is 11.3 Å². The SMILES string of the molecule is N#Cc1ccc(-c2nc3sccn3c2-c2ccnc(N[C@@H]3CCCNC3)n2)cc1. The number of imidazole rings is 1. The van der Waals surface area contributed by atoms with Crippen molar-refractivity contribution in [1.82, 2.24) is 24.7 Å². The number of nitriles is 1. The molecule has 0 spiro atoms. The van der Waals surface area contributed by atoms with Crippen LogP contribution in [-0.4, -0.2) is 38.5 Å². The molecule has 7 nitrogen and oxygen atoms in total. The minimum absolute atomic E-state index is 0.337. The number of aromatic nitrogens is 4. The van der Waals surface area contributed by atoms with Crippen molar-refractivity contribution in [1.29, 1.82) is 5.26 Å². The summed E-state index contributed by atoms with van der Waals surface area (Å²) in [6, 6.07) is 11.9. The lowest BCUT2D eigenvalue weighted by atomic mass is 10.1. The van der Waals surface area contributed by atoms with E-state index in [1.807, 2.05) is 41.9 Å². The van der Waals surface area contributed by atoms with Crippen molar-refractivity contribution >= 4 is 22.2 Å². The molecule has 4 heterocycles. The summed E-state index contributed by atoms with van der Waals surface area (Å²) in [5.41, 5.74) is 4.19. The Morgan fingerprint density at radius 2 is 2.10 bits per heavy atom. The van der Waals surface area contributed by atoms with Gasteiger partial charge in [0.25, 0.3) is 0 Å². The molecule has 8 heteroatoms. The average molecular weight is 401 g/mol. The lowest BCUT2D eigenvalue weighted by Gasteiger charge is -2.23. The first kappa shape index (κ1) is 17.8. The van der Waals surface area contributed by atoms with E-state index in [2.05, 4.69) is 26.1 Å². The van der Waals surface area contributed by atoms with Crippen LogP contribution in [0.15, 0.2) is 48.1 Å². The summed E-state index contributed by atoms with van der Waals surface area (Å²) in [6.45, 7) is 1.99. The highest BCUT2D eigenvalue weighted by Gasteiger charge is 2.19. The molecule has 0 radical (unpaired) electrons. The highest BCUT2D eigenvalue weighted by Crippen LogP contribution is 2.33. The molecule has 4 aromatic rings. The number of piperidine rings is 1. The Morgan fingerprint density at radius 1 is 1.21 bits per heavy atom. The van der Waals surface area contributed by atoms with E-state index in [0.29, 0.717) is 17.6 Å². The second-order valence-corrected chi connectivity index (χ2v) is 7.88. The topological polar surface area (TPSA) is 90.9 Å². The summed E-state index contributed by atoms with van der Waals surface area (Å²) in [5, 5.41) is 18.0. The average Bonchev–Trinajstić information content (AvgIpc) is 3.36. The van der Waals surface area contributed by atoms with E-state index in [0.717, 1.165) is 53.5 Å². The van der Waals surface area contributed by atoms with Crippen LogP contribution >= 0.6 is 11.3 Å². The molecular formula is C21H19N7S. The van der Waals surface area contributed by atoms with Crippen molar-refractivity contribution in [2.45, 2.75) is 18.9 Å². The van der Waals surface area contributed by atoms with Crippen molar-refractivity contribution in [2.75, 3.05) is 18.4 Å². The Bertz CT molecular complexity index is 1180. The molecule has 144 valence electrons. The summed E-state index contributed by atoms with van der Waals surface area (Å²) in [4.78, 5) is 15.0. The van der Waals surface area contributed by atoms with Crippen molar-refractivity contribution in [3.05, 3.63) is 53.7 Å². The monoisotopic (exact) mass is 401 g/mol. The van der Waals surface area contributed by atoms with Gasteiger partial charge in [0.2, 0.25) is 5.95 Å². The van der Waals surface area contributed by atoms with Gasteiger partial charge >= 0.3 is 0 Å². The molecule has 1 aliphatic rings. The number of thiazole rings is 1. The molecule has 0 bridgehead atoms. The predicted molar refractivity (Wildman–Crippen MR) is 114 cm³/mol. The van der Waals surface area contributed by atoms with Gasteiger partial charge in [-0.25, -0.2) is 15.0 Å². The fourth-order valence-electron chi connectivity index (χ4n) is 3.65. The highest BCUT2D eigenvalue weighted by atomic mass is 32.1. The molecule has 5 rings (SSSR count). The highest BCUT2D eigenvalue weighted by molar-refractivity contribution is 7.15. The molecule has 29 heavy (non-hydrogen) atoms. The van der Waals surface area contributed by atoms with Gasteiger partial charge in [0.05, 0.1) is 23.0 Å². The molecule has 1 saturated heterocycles. The molecule has 3 aromatic heterocycles. The maximum Gasteiger partial charge on any atom is 0.223 e. The number of hydrogen-bond donors (Lipinski definition) is 2. The molecule has 0 saturated carbocycles. The second kappa shape index (κ2) is 7.62. The van der Waals surface area contributed by atoms with E-state index in [-0.39, 0.29) is 0 Å². The third kappa shape index (κ3) is 3.46. The smallest absolute Gasteiger partial charge is 0.223 e. The van der Waals surface area contributed by atoms with Crippen LogP contribution in [0.25, 0.3) is 27.6 Å². The zero-order valence-corrected chi connectivity index (χ0v) is 16.5. The Morgan fingerprint density at radius 3 is 2.90 bits per heavy atom. The molecule has 1 aliphatic heterocycles. The van der Waals surface area contributed by atoms with Gasteiger partial charge in [-0.3, -0.25) is 4.40 Å². The molecule has 1 atom stereocenters. The van der Waals surface area contributed by atoms with Gasteiger partial charge < -0.3 is 10.6 Å². The van der Waals surface area contributed by atoms with E-state index in [9.17, 15) is 0 Å². The number of anilines is 1. The van der Waals surface area contributed by atoms with Gasteiger partial charge in [-0.2, -0.15) is 5.26 Å². The van der Waals surface area contributed by atoms with Gasteiger partial charge in [-0.05, 0) is 37.6 Å². The van der Waals surface area contributed by atoms with E-state index in [4.69, 9.17) is 15.2 Å². The summed E-state index contributed by atoms with van der Waals surface area (Å²) in [6.07, 6.45) is 6.06. The van der Waals surface area contributed by atoms with E-state index in [1.54, 1.807) is 17.5 Å². The molecule has 1 fully saturated rings. The molecule has 0 unspecified atom stereocenters. The van der Waals surface area contributed by atoms with E-state index >= 15 is 0 Å². The lowest BCUT2D eigenvalue weighted by Crippen LogP contribution is -2.38. The van der Waals surface area contributed by atoms with Gasteiger partial charge in [0.1, 0.15) is 5.69 Å². The first-order chi connectivity index (χ1) is 14.3. The fraction of sp³-hybridized carbons (Fsp3) is 0.238. The number of fused-ring (bicyclic) bond motifs is 1. The Kier molecular flexibility index (Phi) is 4.68. The minimum atomic E-state index is 0.337. The fourth-order valence-corrected chi connectivity index (χ4v) is 4.37. The summed E-state index contributed by atoms with van der Waals surface area (Å²) < 4.78 is 2.06. The van der Waals surface area contributed by atoms with Crippen LogP contribution in [0.4, 0.5) is 5.95 Å². The van der Waals surface area contributed by atoms with Crippen molar-refractivity contribution < 1.29 is 0 Å². The minimum Gasteiger partial charge on any atom is -0.350 e. The van der Waals surface area contributed by atoms with E-state index < -0.39 is 0 Å². The first-order valence-electron chi connectivity index (χ1n) is 9.58. The van der Waals surface area contributed by atoms with Crippen LogP contribution in [-0.2, 0) is 0 Å². The Hall–Kier alpha value is -3.28. The Labute approximate surface area is 172 Å². The summed E-state index contributed by atoms with van der Waals surface area (Å²) in [5.74, 6) is 0.632.